The summed E-state index contributed by atoms with van der Waals surface area (Å²) in [6, 6.07) is 21.1. The van der Waals surface area contributed by atoms with Gasteiger partial charge in [-0.15, -0.1) is 0 Å². The van der Waals surface area contributed by atoms with Crippen LogP contribution in [0.2, 0.25) is 0 Å². The lowest BCUT2D eigenvalue weighted by Crippen LogP contribution is -2.40. The summed E-state index contributed by atoms with van der Waals surface area (Å²) in [5, 5.41) is 1.92. The summed E-state index contributed by atoms with van der Waals surface area (Å²) in [5.74, 6) is 0. The molecular formula is C22H21N3O3S. The predicted molar refractivity (Wildman–Crippen MR) is 114 cm³/mol. The van der Waals surface area contributed by atoms with Crippen molar-refractivity contribution < 1.29 is 12.8 Å². The predicted octanol–water partition coefficient (Wildman–Crippen LogP) is 3.93. The van der Waals surface area contributed by atoms with E-state index in [0.29, 0.717) is 12.6 Å². The maximum absolute atomic E-state index is 12.8. The van der Waals surface area contributed by atoms with Crippen LogP contribution in [0.25, 0.3) is 21.9 Å². The van der Waals surface area contributed by atoms with Crippen LogP contribution in [0.3, 0.4) is 0 Å². The monoisotopic (exact) mass is 407 g/mol. The van der Waals surface area contributed by atoms with Gasteiger partial charge in [0, 0.05) is 19.1 Å². The van der Waals surface area contributed by atoms with Gasteiger partial charge < -0.3 is 9.32 Å². The Morgan fingerprint density at radius 1 is 1.03 bits per heavy atom. The second-order valence-electron chi connectivity index (χ2n) is 7.31. The summed E-state index contributed by atoms with van der Waals surface area (Å²) in [6.07, 6.45) is 1.86. The first-order valence-electron chi connectivity index (χ1n) is 9.71. The average Bonchev–Trinajstić information content (AvgIpc) is 3.38. The van der Waals surface area contributed by atoms with Gasteiger partial charge in [0.2, 0.25) is 10.0 Å². The zero-order valence-corrected chi connectivity index (χ0v) is 16.6. The molecule has 3 aromatic carbocycles. The summed E-state index contributed by atoms with van der Waals surface area (Å²) >= 11 is 0. The standard InChI is InChI=1S/C22H21N3O3S/c26-29(27,19-12-11-16-6-1-2-7-17(16)14-19)23-15-18-8-5-13-25(18)22-24-20-9-3-4-10-21(20)28-22/h1-4,6-7,9-12,14,18,23H,5,8,13,15H2. The fourth-order valence-corrected chi connectivity index (χ4v) is 5.01. The van der Waals surface area contributed by atoms with Crippen molar-refractivity contribution in [2.45, 2.75) is 23.8 Å². The van der Waals surface area contributed by atoms with Gasteiger partial charge in [-0.05, 0) is 47.9 Å². The summed E-state index contributed by atoms with van der Waals surface area (Å²) in [6.45, 7) is 1.11. The highest BCUT2D eigenvalue weighted by atomic mass is 32.2. The quantitative estimate of drug-likeness (QED) is 0.543. The smallest absolute Gasteiger partial charge is 0.298 e. The molecule has 1 fully saturated rings. The van der Waals surface area contributed by atoms with Crippen LogP contribution in [0.1, 0.15) is 12.8 Å². The molecule has 1 N–H and O–H groups in total. The first kappa shape index (κ1) is 18.1. The van der Waals surface area contributed by atoms with Crippen molar-refractivity contribution in [1.29, 1.82) is 0 Å². The highest BCUT2D eigenvalue weighted by molar-refractivity contribution is 7.89. The van der Waals surface area contributed by atoms with Crippen LogP contribution in [0.15, 0.2) is 76.0 Å². The Morgan fingerprint density at radius 3 is 2.69 bits per heavy atom. The van der Waals surface area contributed by atoms with E-state index < -0.39 is 10.0 Å². The lowest BCUT2D eigenvalue weighted by molar-refractivity contribution is 0.534. The summed E-state index contributed by atoms with van der Waals surface area (Å²) < 4.78 is 34.4. The van der Waals surface area contributed by atoms with E-state index in [1.54, 1.807) is 12.1 Å². The van der Waals surface area contributed by atoms with E-state index in [-0.39, 0.29) is 10.9 Å². The van der Waals surface area contributed by atoms with Crippen molar-refractivity contribution in [3.8, 4) is 0 Å². The number of para-hydroxylation sites is 2. The van der Waals surface area contributed by atoms with Gasteiger partial charge in [-0.25, -0.2) is 13.1 Å². The molecule has 29 heavy (non-hydrogen) atoms. The molecule has 1 unspecified atom stereocenters. The van der Waals surface area contributed by atoms with Crippen molar-refractivity contribution >= 4 is 37.9 Å². The Kier molecular flexibility index (Phi) is 4.49. The lowest BCUT2D eigenvalue weighted by atomic mass is 10.1. The van der Waals surface area contributed by atoms with Gasteiger partial charge in [0.25, 0.3) is 6.01 Å². The molecule has 0 spiro atoms. The normalized spacial score (nSPS) is 17.4. The van der Waals surface area contributed by atoms with Crippen LogP contribution in [0.4, 0.5) is 6.01 Å². The molecule has 7 heteroatoms. The second kappa shape index (κ2) is 7.17. The number of nitrogens with one attached hydrogen (secondary N) is 1. The third kappa shape index (κ3) is 3.47. The fraction of sp³-hybridized carbons (Fsp3) is 0.227. The average molecular weight is 407 g/mol. The SMILES string of the molecule is O=S(=O)(NCC1CCCN1c1nc2ccccc2o1)c1ccc2ccccc2c1. The summed E-state index contributed by atoms with van der Waals surface area (Å²) in [4.78, 5) is 6.90. The Morgan fingerprint density at radius 2 is 1.83 bits per heavy atom. The van der Waals surface area contributed by atoms with Crippen LogP contribution in [-0.4, -0.2) is 32.5 Å². The molecule has 1 aromatic heterocycles. The van der Waals surface area contributed by atoms with E-state index in [4.69, 9.17) is 4.42 Å². The molecule has 148 valence electrons. The van der Waals surface area contributed by atoms with Crippen LogP contribution in [0.5, 0.6) is 0 Å². The number of fused-ring (bicyclic) bond motifs is 2. The van der Waals surface area contributed by atoms with Gasteiger partial charge in [-0.1, -0.05) is 42.5 Å². The van der Waals surface area contributed by atoms with Crippen LogP contribution >= 0.6 is 0 Å². The molecule has 0 aliphatic carbocycles. The molecule has 5 rings (SSSR count). The number of hydrogen-bond acceptors (Lipinski definition) is 5. The minimum Gasteiger partial charge on any atom is -0.423 e. The number of benzene rings is 3. The molecule has 0 amide bonds. The maximum Gasteiger partial charge on any atom is 0.298 e. The molecule has 4 aromatic rings. The Bertz CT molecular complexity index is 1250. The topological polar surface area (TPSA) is 75.4 Å². The van der Waals surface area contributed by atoms with Crippen LogP contribution < -0.4 is 9.62 Å². The fourth-order valence-electron chi connectivity index (χ4n) is 3.91. The summed E-state index contributed by atoms with van der Waals surface area (Å²) in [5.41, 5.74) is 1.55. The number of oxazole rings is 1. The van der Waals surface area contributed by atoms with E-state index in [9.17, 15) is 8.42 Å². The molecule has 0 radical (unpaired) electrons. The maximum atomic E-state index is 12.8. The minimum atomic E-state index is -3.60. The van der Waals surface area contributed by atoms with Gasteiger partial charge in [-0.2, -0.15) is 4.98 Å². The first-order valence-corrected chi connectivity index (χ1v) is 11.2. The molecule has 0 bridgehead atoms. The van der Waals surface area contributed by atoms with Crippen molar-refractivity contribution in [1.82, 2.24) is 9.71 Å². The van der Waals surface area contributed by atoms with E-state index in [1.807, 2.05) is 54.6 Å². The number of anilines is 1. The van der Waals surface area contributed by atoms with Gasteiger partial charge in [0.1, 0.15) is 5.52 Å². The molecule has 2 heterocycles. The second-order valence-corrected chi connectivity index (χ2v) is 9.08. The largest absolute Gasteiger partial charge is 0.423 e. The van der Waals surface area contributed by atoms with E-state index in [2.05, 4.69) is 14.6 Å². The zero-order valence-electron chi connectivity index (χ0n) is 15.8. The third-order valence-corrected chi connectivity index (χ3v) is 6.87. The number of aromatic nitrogens is 1. The Labute approximate surface area is 169 Å². The van der Waals surface area contributed by atoms with E-state index in [0.717, 1.165) is 41.3 Å². The molecule has 1 atom stereocenters. The molecule has 1 aliphatic heterocycles. The number of nitrogens with zero attached hydrogens (tertiary/aromatic N) is 2. The lowest BCUT2D eigenvalue weighted by Gasteiger charge is -2.23. The van der Waals surface area contributed by atoms with Gasteiger partial charge in [-0.3, -0.25) is 0 Å². The van der Waals surface area contributed by atoms with Crippen molar-refractivity contribution in [2.75, 3.05) is 18.0 Å². The minimum absolute atomic E-state index is 0.0123. The Hall–Kier alpha value is -2.90. The van der Waals surface area contributed by atoms with Crippen molar-refractivity contribution in [2.24, 2.45) is 0 Å². The summed E-state index contributed by atoms with van der Waals surface area (Å²) in [7, 11) is -3.60. The third-order valence-electron chi connectivity index (χ3n) is 5.45. The molecule has 1 saturated heterocycles. The van der Waals surface area contributed by atoms with Gasteiger partial charge in [0.15, 0.2) is 5.58 Å². The van der Waals surface area contributed by atoms with Crippen LogP contribution in [0, 0.1) is 0 Å². The van der Waals surface area contributed by atoms with Crippen molar-refractivity contribution in [3.63, 3.8) is 0 Å². The molecule has 0 saturated carbocycles. The highest BCUT2D eigenvalue weighted by Gasteiger charge is 2.29. The van der Waals surface area contributed by atoms with E-state index in [1.165, 1.54) is 0 Å². The van der Waals surface area contributed by atoms with Crippen molar-refractivity contribution in [3.05, 3.63) is 66.7 Å². The van der Waals surface area contributed by atoms with Gasteiger partial charge in [0.05, 0.1) is 4.90 Å². The van der Waals surface area contributed by atoms with E-state index >= 15 is 0 Å². The number of rotatable bonds is 5. The molecule has 6 nitrogen and oxygen atoms in total. The van der Waals surface area contributed by atoms with Gasteiger partial charge >= 0.3 is 0 Å². The Balaban J connectivity index is 1.34. The molecular weight excluding hydrogens is 386 g/mol. The number of hydrogen-bond donors (Lipinski definition) is 1. The zero-order chi connectivity index (χ0) is 19.8. The first-order chi connectivity index (χ1) is 14.1. The van der Waals surface area contributed by atoms with Crippen LogP contribution in [-0.2, 0) is 10.0 Å². The number of sulfonamides is 1. The highest BCUT2D eigenvalue weighted by Crippen LogP contribution is 2.28. The molecule has 1 aliphatic rings.